The van der Waals surface area contributed by atoms with Crippen LogP contribution >= 0.6 is 0 Å². The second kappa shape index (κ2) is 36.6. The minimum atomic E-state index is -4.46. The Morgan fingerprint density at radius 3 is 1.45 bits per heavy atom. The van der Waals surface area contributed by atoms with Crippen LogP contribution in [-0.2, 0) is 14.9 Å². The van der Waals surface area contributed by atoms with Crippen molar-refractivity contribution in [3.8, 4) is 0 Å². The van der Waals surface area contributed by atoms with E-state index in [9.17, 15) is 28.0 Å². The van der Waals surface area contributed by atoms with Gasteiger partial charge in [0.1, 0.15) is 6.10 Å². The maximum absolute atomic E-state index is 12.6. The van der Waals surface area contributed by atoms with Crippen LogP contribution in [-0.4, -0.2) is 53.1 Å². The fraction of sp³-hybridized carbons (Fsp3) is 0.791. The smallest absolute Gasteiger partial charge is 0.267 e. The first-order chi connectivity index (χ1) is 24.7. The molecule has 0 aromatic carbocycles. The van der Waals surface area contributed by atoms with Gasteiger partial charge in [-0.3, -0.25) is 9.35 Å². The molecule has 0 spiro atoms. The quantitative estimate of drug-likeness (QED) is 0.0218. The molecule has 0 aliphatic heterocycles. The van der Waals surface area contributed by atoms with Crippen LogP contribution in [0.25, 0.3) is 0 Å². The summed E-state index contributed by atoms with van der Waals surface area (Å²) < 4.78 is 32.5. The molecular weight excluding hydrogens is 659 g/mol. The van der Waals surface area contributed by atoms with Gasteiger partial charge in [-0.2, -0.15) is 8.42 Å². The highest BCUT2D eigenvalue weighted by Gasteiger charge is 2.27. The van der Waals surface area contributed by atoms with Gasteiger partial charge in [0.25, 0.3) is 10.1 Å². The number of carbonyl (C=O) groups excluding carboxylic acids is 1. The lowest BCUT2D eigenvalue weighted by Crippen LogP contribution is -2.50. The molecule has 0 aliphatic rings. The van der Waals surface area contributed by atoms with Gasteiger partial charge in [-0.05, 0) is 57.8 Å². The van der Waals surface area contributed by atoms with Crippen LogP contribution in [0.4, 0.5) is 0 Å². The van der Waals surface area contributed by atoms with Crippen LogP contribution in [0, 0.1) is 0 Å². The second-order valence-corrected chi connectivity index (χ2v) is 15.9. The fourth-order valence-electron chi connectivity index (χ4n) is 6.11. The van der Waals surface area contributed by atoms with Crippen molar-refractivity contribution in [2.75, 3.05) is 5.75 Å². The van der Waals surface area contributed by atoms with E-state index in [4.69, 9.17) is 0 Å². The standard InChI is InChI=1S/C43H79NO6S/c1-3-5-7-9-11-13-15-17-19-20-21-22-23-24-26-27-29-31-33-35-37-41(45)40(39-51(48,49)50)44-43(47)42(46)38-36-34-32-30-28-25-18-16-14-12-10-8-6-4-2/h12,14,16,18,27,29,35,37,40-42,45-46H,3-11,13,15,17,19-26,28,30-34,36,38-39H2,1-2H3,(H,44,47)(H,48,49,50)/b14-12-,18-16-,29-27+,37-35+. The van der Waals surface area contributed by atoms with Gasteiger partial charge >= 0.3 is 0 Å². The number of carbonyl (C=O) groups is 1. The van der Waals surface area contributed by atoms with E-state index in [1.54, 1.807) is 6.08 Å². The first-order valence-electron chi connectivity index (χ1n) is 21.0. The van der Waals surface area contributed by atoms with Gasteiger partial charge in [0.15, 0.2) is 0 Å². The molecule has 0 heterocycles. The molecule has 7 nitrogen and oxygen atoms in total. The number of nitrogens with one attached hydrogen (secondary N) is 1. The zero-order chi connectivity index (χ0) is 37.7. The van der Waals surface area contributed by atoms with Crippen molar-refractivity contribution in [3.05, 3.63) is 48.6 Å². The molecule has 0 aromatic rings. The number of unbranched alkanes of at least 4 members (excludes halogenated alkanes) is 23. The van der Waals surface area contributed by atoms with Gasteiger partial charge in [0.05, 0.1) is 17.9 Å². The van der Waals surface area contributed by atoms with Gasteiger partial charge in [0.2, 0.25) is 5.91 Å². The fourth-order valence-corrected chi connectivity index (χ4v) is 6.84. The van der Waals surface area contributed by atoms with Gasteiger partial charge < -0.3 is 15.5 Å². The predicted molar refractivity (Wildman–Crippen MR) is 218 cm³/mol. The summed E-state index contributed by atoms with van der Waals surface area (Å²) in [5.41, 5.74) is 0. The van der Waals surface area contributed by atoms with Gasteiger partial charge in [-0.25, -0.2) is 0 Å². The number of allylic oxidation sites excluding steroid dienone is 7. The van der Waals surface area contributed by atoms with E-state index in [2.05, 4.69) is 55.6 Å². The van der Waals surface area contributed by atoms with Gasteiger partial charge in [-0.15, -0.1) is 0 Å². The lowest BCUT2D eigenvalue weighted by Gasteiger charge is -2.22. The highest BCUT2D eigenvalue weighted by atomic mass is 32.2. The molecule has 0 aliphatic carbocycles. The first-order valence-corrected chi connectivity index (χ1v) is 22.6. The minimum Gasteiger partial charge on any atom is -0.387 e. The zero-order valence-electron chi connectivity index (χ0n) is 32.8. The Kier molecular flexibility index (Phi) is 35.4. The van der Waals surface area contributed by atoms with E-state index in [0.29, 0.717) is 12.8 Å². The molecule has 298 valence electrons. The Labute approximate surface area is 314 Å². The Morgan fingerprint density at radius 2 is 0.941 bits per heavy atom. The number of aliphatic hydroxyl groups is 2. The van der Waals surface area contributed by atoms with Crippen molar-refractivity contribution in [3.63, 3.8) is 0 Å². The summed E-state index contributed by atoms with van der Waals surface area (Å²) in [4.78, 5) is 12.6. The number of rotatable bonds is 37. The van der Waals surface area contributed by atoms with Crippen molar-refractivity contribution < 1.29 is 28.0 Å². The highest BCUT2D eigenvalue weighted by molar-refractivity contribution is 7.85. The van der Waals surface area contributed by atoms with E-state index >= 15 is 0 Å². The topological polar surface area (TPSA) is 124 Å². The molecular formula is C43H79NO6S. The van der Waals surface area contributed by atoms with Crippen LogP contribution in [0.15, 0.2) is 48.6 Å². The Balaban J connectivity index is 4.10. The molecule has 0 bridgehead atoms. The van der Waals surface area contributed by atoms with E-state index in [-0.39, 0.29) is 6.42 Å². The van der Waals surface area contributed by atoms with Crippen molar-refractivity contribution in [1.82, 2.24) is 5.32 Å². The molecule has 0 aromatic heterocycles. The summed E-state index contributed by atoms with van der Waals surface area (Å²) in [6.07, 6.45) is 46.0. The number of amides is 1. The summed E-state index contributed by atoms with van der Waals surface area (Å²) in [5.74, 6) is -1.57. The summed E-state index contributed by atoms with van der Waals surface area (Å²) >= 11 is 0. The molecule has 0 saturated carbocycles. The average Bonchev–Trinajstić information content (AvgIpc) is 3.09. The van der Waals surface area contributed by atoms with Crippen LogP contribution < -0.4 is 5.32 Å². The Hall–Kier alpha value is -1.74. The molecule has 1 amide bonds. The van der Waals surface area contributed by atoms with Crippen molar-refractivity contribution in [2.24, 2.45) is 0 Å². The molecule has 3 unspecified atom stereocenters. The number of hydrogen-bond donors (Lipinski definition) is 4. The number of aliphatic hydroxyl groups excluding tert-OH is 2. The zero-order valence-corrected chi connectivity index (χ0v) is 33.6. The minimum absolute atomic E-state index is 0.255. The van der Waals surface area contributed by atoms with E-state index < -0.39 is 40.0 Å². The lowest BCUT2D eigenvalue weighted by atomic mass is 10.0. The maximum Gasteiger partial charge on any atom is 0.267 e. The van der Waals surface area contributed by atoms with Crippen molar-refractivity contribution >= 4 is 16.0 Å². The first kappa shape index (κ1) is 49.3. The van der Waals surface area contributed by atoms with Gasteiger partial charge in [-0.1, -0.05) is 184 Å². The average molecular weight is 738 g/mol. The third-order valence-electron chi connectivity index (χ3n) is 9.36. The molecule has 3 atom stereocenters. The molecule has 4 N–H and O–H groups in total. The Morgan fingerprint density at radius 1 is 0.549 bits per heavy atom. The highest BCUT2D eigenvalue weighted by Crippen LogP contribution is 2.14. The van der Waals surface area contributed by atoms with E-state index in [1.807, 2.05) is 0 Å². The summed E-state index contributed by atoms with van der Waals surface area (Å²) in [5, 5.41) is 23.3. The van der Waals surface area contributed by atoms with E-state index in [0.717, 1.165) is 51.4 Å². The number of hydrogen-bond acceptors (Lipinski definition) is 5. The monoisotopic (exact) mass is 738 g/mol. The third kappa shape index (κ3) is 36.4. The molecule has 0 fully saturated rings. The van der Waals surface area contributed by atoms with Gasteiger partial charge in [0, 0.05) is 0 Å². The van der Waals surface area contributed by atoms with Crippen LogP contribution in [0.2, 0.25) is 0 Å². The summed E-state index contributed by atoms with van der Waals surface area (Å²) in [6, 6.07) is -1.26. The largest absolute Gasteiger partial charge is 0.387 e. The van der Waals surface area contributed by atoms with Crippen molar-refractivity contribution in [1.29, 1.82) is 0 Å². The predicted octanol–water partition coefficient (Wildman–Crippen LogP) is 11.3. The van der Waals surface area contributed by atoms with Crippen LogP contribution in [0.5, 0.6) is 0 Å². The normalized spacial score (nSPS) is 14.4. The lowest BCUT2D eigenvalue weighted by molar-refractivity contribution is -0.130. The van der Waals surface area contributed by atoms with Crippen LogP contribution in [0.3, 0.4) is 0 Å². The third-order valence-corrected chi connectivity index (χ3v) is 10.1. The summed E-state index contributed by atoms with van der Waals surface area (Å²) in [6.45, 7) is 4.48. The molecule has 8 heteroatoms. The van der Waals surface area contributed by atoms with Crippen LogP contribution in [0.1, 0.15) is 194 Å². The molecule has 0 radical (unpaired) electrons. The second-order valence-electron chi connectivity index (χ2n) is 14.4. The Bertz CT molecular complexity index is 1010. The maximum atomic E-state index is 12.6. The van der Waals surface area contributed by atoms with Crippen molar-refractivity contribution in [2.45, 2.75) is 212 Å². The summed E-state index contributed by atoms with van der Waals surface area (Å²) in [7, 11) is -4.46. The molecule has 51 heavy (non-hydrogen) atoms. The van der Waals surface area contributed by atoms with E-state index in [1.165, 1.54) is 115 Å². The molecule has 0 rings (SSSR count). The SMILES string of the molecule is CCCCC/C=C\C=C/CCCCCCCC(O)C(=O)NC(CS(=O)(=O)O)C(O)/C=C/CC/C=C/CCCCCCCCCCCCCCCC. The molecule has 0 saturated heterocycles.